The monoisotopic (exact) mass is 292 g/mol. The van der Waals surface area contributed by atoms with Gasteiger partial charge in [0.15, 0.2) is 5.82 Å². The maximum absolute atomic E-state index is 12.2. The Morgan fingerprint density at radius 3 is 3.05 bits per heavy atom. The molecule has 20 heavy (non-hydrogen) atoms. The lowest BCUT2D eigenvalue weighted by Crippen LogP contribution is -2.26. The molecule has 8 heteroatoms. The van der Waals surface area contributed by atoms with Gasteiger partial charge in [-0.1, -0.05) is 0 Å². The van der Waals surface area contributed by atoms with Crippen molar-refractivity contribution in [3.05, 3.63) is 23.8 Å². The summed E-state index contributed by atoms with van der Waals surface area (Å²) in [6, 6.07) is 0.231. The molecule has 3 rings (SSSR count). The van der Waals surface area contributed by atoms with Crippen molar-refractivity contribution in [1.82, 2.24) is 19.7 Å². The third kappa shape index (κ3) is 2.60. The van der Waals surface area contributed by atoms with Gasteiger partial charge in [0.2, 0.25) is 0 Å². The molecule has 1 saturated carbocycles. The number of nitrogens with one attached hydrogen (secondary N) is 3. The second-order valence-corrected chi connectivity index (χ2v) is 5.63. The minimum absolute atomic E-state index is 0.0580. The highest BCUT2D eigenvalue weighted by atomic mass is 32.1. The zero-order valence-electron chi connectivity index (χ0n) is 11.0. The molecule has 0 aliphatic heterocycles. The minimum Gasteiger partial charge on any atom is -0.382 e. The normalized spacial score (nSPS) is 15.8. The molecule has 0 radical (unpaired) electrons. The Balaban J connectivity index is 1.77. The predicted octanol–water partition coefficient (Wildman–Crippen LogP) is 1.51. The zero-order chi connectivity index (χ0) is 14.1. The van der Waals surface area contributed by atoms with Crippen LogP contribution in [0.25, 0.3) is 0 Å². The first-order valence-electron chi connectivity index (χ1n) is 6.47. The molecule has 1 aliphatic rings. The number of nitrogens with two attached hydrogens (primary N) is 1. The number of carbonyl (C=O) groups excluding carboxylic acids is 1. The number of aromatic nitrogens is 3. The van der Waals surface area contributed by atoms with Crippen molar-refractivity contribution in [3.63, 3.8) is 0 Å². The minimum atomic E-state index is -0.159. The Kier molecular flexibility index (Phi) is 3.31. The van der Waals surface area contributed by atoms with Gasteiger partial charge < -0.3 is 21.4 Å². The molecule has 2 aromatic rings. The fraction of sp³-hybridized carbons (Fsp3) is 0.417. The van der Waals surface area contributed by atoms with Gasteiger partial charge in [0, 0.05) is 18.4 Å². The highest BCUT2D eigenvalue weighted by Crippen LogP contribution is 2.30. The molecule has 0 spiro atoms. The molecule has 106 valence electrons. The van der Waals surface area contributed by atoms with Crippen LogP contribution in [0.3, 0.4) is 0 Å². The van der Waals surface area contributed by atoms with Gasteiger partial charge in [0.1, 0.15) is 16.4 Å². The van der Waals surface area contributed by atoms with E-state index in [1.54, 1.807) is 12.4 Å². The van der Waals surface area contributed by atoms with E-state index in [4.69, 9.17) is 5.73 Å². The third-order valence-corrected chi connectivity index (χ3v) is 3.93. The summed E-state index contributed by atoms with van der Waals surface area (Å²) < 4.78 is 4.07. The number of H-pyrrole nitrogens is 1. The molecule has 1 aliphatic carbocycles. The van der Waals surface area contributed by atoms with E-state index in [9.17, 15) is 4.79 Å². The van der Waals surface area contributed by atoms with Crippen LogP contribution < -0.4 is 16.4 Å². The van der Waals surface area contributed by atoms with Gasteiger partial charge in [-0.2, -0.15) is 4.37 Å². The number of imidazole rings is 1. The first kappa shape index (κ1) is 12.9. The van der Waals surface area contributed by atoms with Gasteiger partial charge >= 0.3 is 0 Å². The number of hydrogen-bond donors (Lipinski definition) is 4. The first-order chi connectivity index (χ1) is 9.65. The molecule has 1 atom stereocenters. The zero-order valence-corrected chi connectivity index (χ0v) is 11.8. The van der Waals surface area contributed by atoms with Crippen molar-refractivity contribution >= 4 is 28.3 Å². The van der Waals surface area contributed by atoms with Crippen LogP contribution in [0.2, 0.25) is 0 Å². The summed E-state index contributed by atoms with van der Waals surface area (Å²) in [5, 5.41) is 6.83. The lowest BCUT2D eigenvalue weighted by atomic mass is 10.2. The third-order valence-electron chi connectivity index (χ3n) is 3.14. The van der Waals surface area contributed by atoms with Crippen LogP contribution in [0.4, 0.5) is 10.8 Å². The molecular weight excluding hydrogens is 276 g/mol. The molecule has 0 bridgehead atoms. The quantitative estimate of drug-likeness (QED) is 0.668. The molecule has 0 saturated heterocycles. The maximum Gasteiger partial charge on any atom is 0.258 e. The Morgan fingerprint density at radius 1 is 1.60 bits per heavy atom. The van der Waals surface area contributed by atoms with Gasteiger partial charge in [0.25, 0.3) is 5.91 Å². The van der Waals surface area contributed by atoms with Crippen LogP contribution in [0, 0.1) is 0 Å². The SMILES string of the molecule is CC(Nc1snc(N)c1C(=O)NC1CC1)c1ncc[nH]1. The second-order valence-electron chi connectivity index (χ2n) is 4.86. The van der Waals surface area contributed by atoms with Crippen molar-refractivity contribution in [2.45, 2.75) is 31.8 Å². The van der Waals surface area contributed by atoms with Crippen LogP contribution in [0.5, 0.6) is 0 Å². The first-order valence-corrected chi connectivity index (χ1v) is 7.24. The molecule has 2 aromatic heterocycles. The highest BCUT2D eigenvalue weighted by Gasteiger charge is 2.28. The van der Waals surface area contributed by atoms with Crippen LogP contribution in [0.1, 0.15) is 42.0 Å². The smallest absolute Gasteiger partial charge is 0.258 e. The Bertz CT molecular complexity index is 604. The molecule has 5 N–H and O–H groups in total. The van der Waals surface area contributed by atoms with Crippen molar-refractivity contribution in [2.24, 2.45) is 0 Å². The number of rotatable bonds is 5. The maximum atomic E-state index is 12.2. The summed E-state index contributed by atoms with van der Waals surface area (Å²) in [6.45, 7) is 1.96. The topological polar surface area (TPSA) is 109 Å². The number of anilines is 2. The van der Waals surface area contributed by atoms with Crippen molar-refractivity contribution in [1.29, 1.82) is 0 Å². The van der Waals surface area contributed by atoms with Crippen LogP contribution in [-0.4, -0.2) is 26.3 Å². The van der Waals surface area contributed by atoms with Gasteiger partial charge in [-0.3, -0.25) is 4.79 Å². The van der Waals surface area contributed by atoms with Crippen molar-refractivity contribution in [3.8, 4) is 0 Å². The summed E-state index contributed by atoms with van der Waals surface area (Å²) >= 11 is 1.19. The fourth-order valence-corrected chi connectivity index (χ4v) is 2.68. The molecule has 7 nitrogen and oxygen atoms in total. The Hall–Kier alpha value is -2.09. The van der Waals surface area contributed by atoms with Crippen molar-refractivity contribution in [2.75, 3.05) is 11.1 Å². The largest absolute Gasteiger partial charge is 0.382 e. The molecule has 1 amide bonds. The van der Waals surface area contributed by atoms with Gasteiger partial charge in [-0.05, 0) is 31.3 Å². The second kappa shape index (κ2) is 5.12. The predicted molar refractivity (Wildman–Crippen MR) is 77.6 cm³/mol. The molecule has 0 aromatic carbocycles. The number of nitrogens with zero attached hydrogens (tertiary/aromatic N) is 2. The summed E-state index contributed by atoms with van der Waals surface area (Å²) in [5.41, 5.74) is 6.24. The van der Waals surface area contributed by atoms with E-state index in [1.165, 1.54) is 11.5 Å². The number of hydrogen-bond acceptors (Lipinski definition) is 6. The van der Waals surface area contributed by atoms with E-state index in [0.717, 1.165) is 18.7 Å². The van der Waals surface area contributed by atoms with E-state index in [2.05, 4.69) is 25.0 Å². The van der Waals surface area contributed by atoms with E-state index < -0.39 is 0 Å². The fourth-order valence-electron chi connectivity index (χ4n) is 1.88. The van der Waals surface area contributed by atoms with Gasteiger partial charge in [0.05, 0.1) is 6.04 Å². The summed E-state index contributed by atoms with van der Waals surface area (Å²) in [6.07, 6.45) is 5.52. The summed E-state index contributed by atoms with van der Waals surface area (Å²) in [7, 11) is 0. The standard InChI is InChI=1S/C12H16N6OS/c1-6(10-14-4-5-15-10)16-12-8(9(13)18-20-12)11(19)17-7-2-3-7/h4-7,16H,2-3H2,1H3,(H2,13,18)(H,14,15)(H,17,19). The van der Waals surface area contributed by atoms with E-state index in [-0.39, 0.29) is 23.8 Å². The number of amides is 1. The number of carbonyl (C=O) groups is 1. The van der Waals surface area contributed by atoms with Crippen molar-refractivity contribution < 1.29 is 4.79 Å². The molecule has 2 heterocycles. The van der Waals surface area contributed by atoms with Crippen LogP contribution in [0.15, 0.2) is 12.4 Å². The van der Waals surface area contributed by atoms with Gasteiger partial charge in [-0.25, -0.2) is 4.98 Å². The van der Waals surface area contributed by atoms with Crippen LogP contribution >= 0.6 is 11.5 Å². The number of nitrogen functional groups attached to an aromatic ring is 1. The molecule has 1 unspecified atom stereocenters. The Morgan fingerprint density at radius 2 is 2.40 bits per heavy atom. The Labute approximate surface area is 120 Å². The summed E-state index contributed by atoms with van der Waals surface area (Å²) in [4.78, 5) is 19.4. The highest BCUT2D eigenvalue weighted by molar-refractivity contribution is 7.11. The van der Waals surface area contributed by atoms with E-state index in [1.807, 2.05) is 6.92 Å². The summed E-state index contributed by atoms with van der Waals surface area (Å²) in [5.74, 6) is 0.903. The van der Waals surface area contributed by atoms with Crippen LogP contribution in [-0.2, 0) is 0 Å². The molecule has 1 fully saturated rings. The van der Waals surface area contributed by atoms with Gasteiger partial charge in [-0.15, -0.1) is 0 Å². The lowest BCUT2D eigenvalue weighted by Gasteiger charge is -2.12. The number of aromatic amines is 1. The average Bonchev–Trinajstić information content (AvgIpc) is 2.93. The van der Waals surface area contributed by atoms with E-state index >= 15 is 0 Å². The van der Waals surface area contributed by atoms with E-state index in [0.29, 0.717) is 10.6 Å². The average molecular weight is 292 g/mol. The molecular formula is C12H16N6OS. The lowest BCUT2D eigenvalue weighted by molar-refractivity contribution is 0.0953.